The third-order valence-electron chi connectivity index (χ3n) is 6.72. The van der Waals surface area contributed by atoms with Crippen molar-refractivity contribution < 1.29 is 9.47 Å². The maximum Gasteiger partial charge on any atom is 0.205 e. The molecule has 1 saturated carbocycles. The highest BCUT2D eigenvalue weighted by Crippen LogP contribution is 2.50. The summed E-state index contributed by atoms with van der Waals surface area (Å²) in [6.07, 6.45) is 5.23. The average Bonchev–Trinajstić information content (AvgIpc) is 2.91. The molecule has 0 spiro atoms. The van der Waals surface area contributed by atoms with Gasteiger partial charge in [-0.1, -0.05) is 73.6 Å². The molecule has 1 aliphatic rings. The molecule has 0 aromatic heterocycles. The zero-order chi connectivity index (χ0) is 22.0. The highest BCUT2D eigenvalue weighted by Gasteiger charge is 2.48. The molecule has 1 fully saturated rings. The second-order valence-electron chi connectivity index (χ2n) is 11.8. The lowest BCUT2D eigenvalue weighted by Gasteiger charge is -2.37. The van der Waals surface area contributed by atoms with Gasteiger partial charge in [0.2, 0.25) is 6.29 Å². The van der Waals surface area contributed by atoms with Crippen LogP contribution >= 0.6 is 0 Å². The molecule has 1 aromatic rings. The van der Waals surface area contributed by atoms with E-state index in [1.165, 1.54) is 5.56 Å². The zero-order valence-corrected chi connectivity index (χ0v) is 20.3. The lowest BCUT2D eigenvalue weighted by Crippen LogP contribution is -2.40. The van der Waals surface area contributed by atoms with Crippen molar-refractivity contribution in [1.29, 1.82) is 0 Å². The summed E-state index contributed by atoms with van der Waals surface area (Å²) in [6, 6.07) is 8.73. The number of methoxy groups -OCH3 is 1. The fourth-order valence-electron chi connectivity index (χ4n) is 5.22. The number of ether oxygens (including phenoxy) is 2. The number of hydrogen-bond donors (Lipinski definition) is 0. The molecule has 5 atom stereocenters. The molecule has 29 heavy (non-hydrogen) atoms. The minimum atomic E-state index is -0.269. The largest absolute Gasteiger partial charge is 0.464 e. The summed E-state index contributed by atoms with van der Waals surface area (Å²) >= 11 is 0. The molecule has 0 bridgehead atoms. The van der Waals surface area contributed by atoms with Crippen molar-refractivity contribution in [2.45, 2.75) is 86.9 Å². The minimum Gasteiger partial charge on any atom is -0.464 e. The molecular formula is C27H44O2. The number of allylic oxidation sites excluding steroid dienone is 1. The highest BCUT2D eigenvalue weighted by molar-refractivity contribution is 5.31. The van der Waals surface area contributed by atoms with Gasteiger partial charge in [-0.05, 0) is 65.5 Å². The van der Waals surface area contributed by atoms with Crippen molar-refractivity contribution in [3.05, 3.63) is 42.5 Å². The van der Waals surface area contributed by atoms with Crippen molar-refractivity contribution in [1.82, 2.24) is 0 Å². The second kappa shape index (κ2) is 8.84. The Balaban J connectivity index is 2.21. The van der Waals surface area contributed by atoms with Crippen molar-refractivity contribution in [3.63, 3.8) is 0 Å². The van der Waals surface area contributed by atoms with Gasteiger partial charge in [-0.2, -0.15) is 0 Å². The molecule has 0 radical (unpaired) electrons. The van der Waals surface area contributed by atoms with Crippen LogP contribution in [0, 0.1) is 28.1 Å². The summed E-state index contributed by atoms with van der Waals surface area (Å²) in [7, 11) is 1.76. The maximum atomic E-state index is 6.38. The monoisotopic (exact) mass is 400 g/mol. The molecule has 0 saturated heterocycles. The van der Waals surface area contributed by atoms with Gasteiger partial charge in [-0.15, -0.1) is 6.58 Å². The number of benzene rings is 1. The summed E-state index contributed by atoms with van der Waals surface area (Å²) in [5.74, 6) is 2.47. The van der Waals surface area contributed by atoms with Crippen LogP contribution in [-0.2, 0) is 4.74 Å². The molecule has 0 N–H and O–H groups in total. The van der Waals surface area contributed by atoms with Crippen LogP contribution in [0.25, 0.3) is 0 Å². The van der Waals surface area contributed by atoms with Crippen LogP contribution in [0.1, 0.15) is 86.1 Å². The lowest BCUT2D eigenvalue weighted by atomic mass is 9.69. The maximum absolute atomic E-state index is 6.38. The third kappa shape index (κ3) is 5.87. The van der Waals surface area contributed by atoms with Crippen molar-refractivity contribution in [3.8, 4) is 5.75 Å². The third-order valence-corrected chi connectivity index (χ3v) is 6.72. The fraction of sp³-hybridized carbons (Fsp3) is 0.704. The van der Waals surface area contributed by atoms with E-state index >= 15 is 0 Å². The molecule has 0 aliphatic heterocycles. The molecule has 164 valence electrons. The van der Waals surface area contributed by atoms with Gasteiger partial charge >= 0.3 is 0 Å². The molecule has 1 aliphatic carbocycles. The lowest BCUT2D eigenvalue weighted by molar-refractivity contribution is -0.142. The van der Waals surface area contributed by atoms with Crippen LogP contribution in [0.15, 0.2) is 36.9 Å². The van der Waals surface area contributed by atoms with Crippen molar-refractivity contribution in [2.75, 3.05) is 7.11 Å². The van der Waals surface area contributed by atoms with E-state index in [0.717, 1.165) is 25.0 Å². The van der Waals surface area contributed by atoms with E-state index in [-0.39, 0.29) is 17.1 Å². The van der Waals surface area contributed by atoms with Crippen molar-refractivity contribution >= 4 is 0 Å². The van der Waals surface area contributed by atoms with E-state index in [0.29, 0.717) is 23.2 Å². The summed E-state index contributed by atoms with van der Waals surface area (Å²) in [5, 5.41) is 0. The van der Waals surface area contributed by atoms with E-state index in [4.69, 9.17) is 9.47 Å². The van der Waals surface area contributed by atoms with Crippen LogP contribution in [0.4, 0.5) is 0 Å². The number of hydrogen-bond acceptors (Lipinski definition) is 2. The summed E-state index contributed by atoms with van der Waals surface area (Å²) in [4.78, 5) is 0. The van der Waals surface area contributed by atoms with Gasteiger partial charge in [0.15, 0.2) is 0 Å². The molecule has 2 heteroatoms. The van der Waals surface area contributed by atoms with E-state index in [1.807, 2.05) is 0 Å². The normalized spacial score (nSPS) is 27.5. The van der Waals surface area contributed by atoms with Gasteiger partial charge in [0.25, 0.3) is 0 Å². The molecule has 1 aromatic carbocycles. The van der Waals surface area contributed by atoms with E-state index in [1.54, 1.807) is 7.11 Å². The van der Waals surface area contributed by atoms with Crippen LogP contribution in [0.3, 0.4) is 0 Å². The van der Waals surface area contributed by atoms with Gasteiger partial charge in [0.05, 0.1) is 0 Å². The molecule has 5 unspecified atom stereocenters. The van der Waals surface area contributed by atoms with Gasteiger partial charge in [-0.25, -0.2) is 0 Å². The summed E-state index contributed by atoms with van der Waals surface area (Å²) in [6.45, 7) is 22.7. The fourth-order valence-corrected chi connectivity index (χ4v) is 5.22. The first-order valence-corrected chi connectivity index (χ1v) is 11.2. The van der Waals surface area contributed by atoms with E-state index in [9.17, 15) is 0 Å². The Morgan fingerprint density at radius 1 is 1.14 bits per heavy atom. The van der Waals surface area contributed by atoms with Crippen molar-refractivity contribution in [2.24, 2.45) is 28.1 Å². The molecule has 2 rings (SSSR count). The Bertz CT molecular complexity index is 661. The summed E-state index contributed by atoms with van der Waals surface area (Å²) < 4.78 is 12.2. The standard InChI is InChI=1S/C27H44O2/c1-11-21-16-19(2)17-27(21,9)24(28-10)29-22-14-12-20(13-15-22)23(26(6,7)8)18-25(3,4)5/h11-15,19,21,23-24H,1,16-18H2,2-10H3. The molecule has 0 amide bonds. The SMILES string of the molecule is C=CC1CC(C)CC1(C)C(OC)Oc1ccc(C(CC(C)(C)C)C(C)(C)C)cc1. The van der Waals surface area contributed by atoms with E-state index < -0.39 is 0 Å². The van der Waals surface area contributed by atoms with Crippen LogP contribution in [-0.4, -0.2) is 13.4 Å². The van der Waals surface area contributed by atoms with Gasteiger partial charge in [0.1, 0.15) is 5.75 Å². The first-order valence-electron chi connectivity index (χ1n) is 11.2. The quantitative estimate of drug-likeness (QED) is 0.343. The van der Waals surface area contributed by atoms with Gasteiger partial charge in [0, 0.05) is 12.5 Å². The Kier molecular flexibility index (Phi) is 7.31. The minimum absolute atomic E-state index is 0.0469. The Morgan fingerprint density at radius 2 is 1.72 bits per heavy atom. The highest BCUT2D eigenvalue weighted by atomic mass is 16.7. The Morgan fingerprint density at radius 3 is 2.17 bits per heavy atom. The number of rotatable bonds is 7. The van der Waals surface area contributed by atoms with Crippen LogP contribution < -0.4 is 4.74 Å². The second-order valence-corrected chi connectivity index (χ2v) is 11.8. The Hall–Kier alpha value is -1.28. The van der Waals surface area contributed by atoms with Crippen LogP contribution in [0.5, 0.6) is 5.75 Å². The Labute approximate surface area is 180 Å². The molecule has 2 nitrogen and oxygen atoms in total. The average molecular weight is 401 g/mol. The predicted octanol–water partition coefficient (Wildman–Crippen LogP) is 7.84. The smallest absolute Gasteiger partial charge is 0.205 e. The summed E-state index contributed by atoms with van der Waals surface area (Å²) in [5.41, 5.74) is 1.85. The zero-order valence-electron chi connectivity index (χ0n) is 20.3. The first kappa shape index (κ1) is 24.0. The van der Waals surface area contributed by atoms with E-state index in [2.05, 4.69) is 92.3 Å². The van der Waals surface area contributed by atoms with Gasteiger partial charge < -0.3 is 9.47 Å². The molecule has 0 heterocycles. The van der Waals surface area contributed by atoms with Gasteiger partial charge in [-0.3, -0.25) is 0 Å². The molecular weight excluding hydrogens is 356 g/mol. The topological polar surface area (TPSA) is 18.5 Å². The first-order chi connectivity index (χ1) is 13.3. The predicted molar refractivity (Wildman–Crippen MR) is 124 cm³/mol. The van der Waals surface area contributed by atoms with Crippen LogP contribution in [0.2, 0.25) is 0 Å².